The van der Waals surface area contributed by atoms with Crippen molar-refractivity contribution in [1.82, 2.24) is 15.5 Å². The summed E-state index contributed by atoms with van der Waals surface area (Å²) in [6, 6.07) is 12.6. The molecule has 1 aromatic heterocycles. The second kappa shape index (κ2) is 6.27. The Morgan fingerprint density at radius 1 is 1.09 bits per heavy atom. The Morgan fingerprint density at radius 2 is 1.83 bits per heavy atom. The van der Waals surface area contributed by atoms with E-state index in [1.807, 2.05) is 6.07 Å². The van der Waals surface area contributed by atoms with Gasteiger partial charge < -0.3 is 10.6 Å². The van der Waals surface area contributed by atoms with Crippen LogP contribution in [-0.4, -0.2) is 28.6 Å². The van der Waals surface area contributed by atoms with Crippen molar-refractivity contribution in [2.75, 3.05) is 11.9 Å². The normalized spacial score (nSPS) is 10.5. The van der Waals surface area contributed by atoms with E-state index in [1.54, 1.807) is 18.2 Å². The van der Waals surface area contributed by atoms with Crippen molar-refractivity contribution in [2.24, 2.45) is 0 Å². The summed E-state index contributed by atoms with van der Waals surface area (Å²) in [5, 5.41) is 12.5. The van der Waals surface area contributed by atoms with Crippen LogP contribution in [-0.2, 0) is 4.79 Å². The number of nitrogens with zero attached hydrogens (tertiary/aromatic N) is 1. The first kappa shape index (κ1) is 14.7. The summed E-state index contributed by atoms with van der Waals surface area (Å²) in [5.41, 5.74) is 1.43. The maximum atomic E-state index is 12.8. The number of nitrogens with one attached hydrogen (secondary N) is 3. The molecule has 0 spiro atoms. The smallest absolute Gasteiger partial charge is 0.272 e. The molecule has 0 saturated carbocycles. The third-order valence-electron chi connectivity index (χ3n) is 3.22. The quantitative estimate of drug-likeness (QED) is 0.689. The van der Waals surface area contributed by atoms with Gasteiger partial charge in [-0.15, -0.1) is 0 Å². The Bertz CT molecular complexity index is 858. The second-order valence-corrected chi connectivity index (χ2v) is 4.86. The number of carbonyl (C=O) groups is 2. The lowest BCUT2D eigenvalue weighted by molar-refractivity contribution is -0.115. The highest BCUT2D eigenvalue weighted by atomic mass is 19.1. The average Bonchev–Trinajstić information content (AvgIpc) is 2.99. The zero-order valence-corrected chi connectivity index (χ0v) is 12.0. The van der Waals surface area contributed by atoms with Gasteiger partial charge in [0.2, 0.25) is 5.91 Å². The lowest BCUT2D eigenvalue weighted by Gasteiger charge is -2.06. The predicted molar refractivity (Wildman–Crippen MR) is 83.5 cm³/mol. The molecular formula is C16H13FN4O2. The number of rotatable bonds is 4. The van der Waals surface area contributed by atoms with Crippen LogP contribution in [0.3, 0.4) is 0 Å². The molecule has 2 amide bonds. The second-order valence-electron chi connectivity index (χ2n) is 4.86. The fourth-order valence-corrected chi connectivity index (χ4v) is 2.12. The van der Waals surface area contributed by atoms with Gasteiger partial charge in [0.05, 0.1) is 12.1 Å². The van der Waals surface area contributed by atoms with Crippen LogP contribution >= 0.6 is 0 Å². The fraction of sp³-hybridized carbons (Fsp3) is 0.0625. The number of hydrogen-bond acceptors (Lipinski definition) is 3. The highest BCUT2D eigenvalue weighted by molar-refractivity contribution is 6.06. The van der Waals surface area contributed by atoms with E-state index in [0.717, 1.165) is 5.52 Å². The van der Waals surface area contributed by atoms with Gasteiger partial charge in [-0.1, -0.05) is 18.2 Å². The number of hydrogen-bond donors (Lipinski definition) is 3. The van der Waals surface area contributed by atoms with E-state index < -0.39 is 11.8 Å². The number of aromatic nitrogens is 2. The molecule has 6 nitrogen and oxygen atoms in total. The molecule has 0 aliphatic heterocycles. The van der Waals surface area contributed by atoms with E-state index in [4.69, 9.17) is 0 Å². The molecule has 3 N–H and O–H groups in total. The Morgan fingerprint density at radius 3 is 2.61 bits per heavy atom. The van der Waals surface area contributed by atoms with E-state index in [1.165, 1.54) is 24.3 Å². The van der Waals surface area contributed by atoms with Crippen molar-refractivity contribution in [2.45, 2.75) is 0 Å². The van der Waals surface area contributed by atoms with Gasteiger partial charge in [0.15, 0.2) is 5.69 Å². The van der Waals surface area contributed by atoms with Gasteiger partial charge in [0, 0.05) is 11.1 Å². The maximum absolute atomic E-state index is 12.8. The van der Waals surface area contributed by atoms with Crippen LogP contribution in [0.15, 0.2) is 48.5 Å². The number of anilines is 1. The number of para-hydroxylation sites is 1. The van der Waals surface area contributed by atoms with Crippen molar-refractivity contribution < 1.29 is 14.0 Å². The first-order valence-corrected chi connectivity index (χ1v) is 6.90. The molecule has 116 valence electrons. The molecule has 0 bridgehead atoms. The topological polar surface area (TPSA) is 86.9 Å². The number of halogens is 1. The van der Waals surface area contributed by atoms with Gasteiger partial charge >= 0.3 is 0 Å². The molecule has 1 heterocycles. The highest BCUT2D eigenvalue weighted by Crippen LogP contribution is 2.14. The van der Waals surface area contributed by atoms with Gasteiger partial charge in [-0.05, 0) is 30.3 Å². The molecule has 0 fully saturated rings. The molecule has 0 aliphatic carbocycles. The number of benzene rings is 2. The molecule has 23 heavy (non-hydrogen) atoms. The fourth-order valence-electron chi connectivity index (χ4n) is 2.12. The Hall–Kier alpha value is -3.22. The predicted octanol–water partition coefficient (Wildman–Crippen LogP) is 2.07. The third kappa shape index (κ3) is 3.34. The standard InChI is InChI=1S/C16H13FN4O2/c17-10-5-7-11(8-6-10)19-14(22)9-18-16(23)15-12-3-1-2-4-13(12)20-21-15/h1-8H,9H2,(H,18,23)(H,19,22)(H,20,21). The summed E-state index contributed by atoms with van der Waals surface area (Å²) >= 11 is 0. The van der Waals surface area contributed by atoms with Crippen molar-refractivity contribution in [1.29, 1.82) is 0 Å². The minimum atomic E-state index is -0.447. The van der Waals surface area contributed by atoms with Crippen molar-refractivity contribution >= 4 is 28.4 Å². The molecule has 0 saturated heterocycles. The molecule has 0 aliphatic rings. The molecule has 0 atom stereocenters. The van der Waals surface area contributed by atoms with Crippen LogP contribution in [0, 0.1) is 5.82 Å². The summed E-state index contributed by atoms with van der Waals surface area (Å²) in [6.45, 7) is -0.211. The highest BCUT2D eigenvalue weighted by Gasteiger charge is 2.14. The van der Waals surface area contributed by atoms with Gasteiger partial charge in [-0.3, -0.25) is 14.7 Å². The third-order valence-corrected chi connectivity index (χ3v) is 3.22. The number of H-pyrrole nitrogens is 1. The van der Waals surface area contributed by atoms with Crippen molar-refractivity contribution in [3.63, 3.8) is 0 Å². The zero-order valence-electron chi connectivity index (χ0n) is 12.0. The Balaban J connectivity index is 1.60. The molecule has 3 aromatic rings. The summed E-state index contributed by atoms with van der Waals surface area (Å²) in [7, 11) is 0. The summed E-state index contributed by atoms with van der Waals surface area (Å²) in [5.74, 6) is -1.25. The molecule has 7 heteroatoms. The van der Waals surface area contributed by atoms with Gasteiger partial charge in [0.1, 0.15) is 5.82 Å². The van der Waals surface area contributed by atoms with E-state index in [-0.39, 0.29) is 18.1 Å². The zero-order chi connectivity index (χ0) is 16.2. The summed E-state index contributed by atoms with van der Waals surface area (Å²) < 4.78 is 12.8. The minimum Gasteiger partial charge on any atom is -0.342 e. The first-order valence-electron chi connectivity index (χ1n) is 6.90. The number of carbonyl (C=O) groups excluding carboxylic acids is 2. The lowest BCUT2D eigenvalue weighted by Crippen LogP contribution is -2.33. The van der Waals surface area contributed by atoms with Crippen LogP contribution in [0.5, 0.6) is 0 Å². The van der Waals surface area contributed by atoms with Gasteiger partial charge in [-0.2, -0.15) is 5.10 Å². The Labute approximate surface area is 130 Å². The Kier molecular flexibility index (Phi) is 4.01. The number of aromatic amines is 1. The van der Waals surface area contributed by atoms with Gasteiger partial charge in [0.25, 0.3) is 5.91 Å². The minimum absolute atomic E-state index is 0.211. The first-order chi connectivity index (χ1) is 11.1. The number of fused-ring (bicyclic) bond motifs is 1. The van der Waals surface area contributed by atoms with Crippen LogP contribution in [0.2, 0.25) is 0 Å². The largest absolute Gasteiger partial charge is 0.342 e. The number of amides is 2. The van der Waals surface area contributed by atoms with Crippen LogP contribution < -0.4 is 10.6 Å². The average molecular weight is 312 g/mol. The van der Waals surface area contributed by atoms with Crippen LogP contribution in [0.4, 0.5) is 10.1 Å². The molecule has 0 unspecified atom stereocenters. The van der Waals surface area contributed by atoms with E-state index in [0.29, 0.717) is 11.1 Å². The molecule has 0 radical (unpaired) electrons. The van der Waals surface area contributed by atoms with Gasteiger partial charge in [-0.25, -0.2) is 4.39 Å². The monoisotopic (exact) mass is 312 g/mol. The van der Waals surface area contributed by atoms with E-state index >= 15 is 0 Å². The van der Waals surface area contributed by atoms with Crippen molar-refractivity contribution in [3.05, 3.63) is 60.0 Å². The van der Waals surface area contributed by atoms with E-state index in [2.05, 4.69) is 20.8 Å². The van der Waals surface area contributed by atoms with Crippen molar-refractivity contribution in [3.8, 4) is 0 Å². The SMILES string of the molecule is O=C(CNC(=O)c1n[nH]c2ccccc12)Nc1ccc(F)cc1. The summed E-state index contributed by atoms with van der Waals surface area (Å²) in [6.07, 6.45) is 0. The van der Waals surface area contributed by atoms with Crippen LogP contribution in [0.1, 0.15) is 10.5 Å². The van der Waals surface area contributed by atoms with Crippen LogP contribution in [0.25, 0.3) is 10.9 Å². The molecule has 2 aromatic carbocycles. The summed E-state index contributed by atoms with van der Waals surface area (Å²) in [4.78, 5) is 23.9. The maximum Gasteiger partial charge on any atom is 0.272 e. The lowest BCUT2D eigenvalue weighted by atomic mass is 10.2. The molecular weight excluding hydrogens is 299 g/mol. The molecule has 3 rings (SSSR count). The van der Waals surface area contributed by atoms with E-state index in [9.17, 15) is 14.0 Å².